The van der Waals surface area contributed by atoms with Gasteiger partial charge in [0.1, 0.15) is 6.61 Å². The van der Waals surface area contributed by atoms with Gasteiger partial charge in [-0.2, -0.15) is 13.2 Å². The summed E-state index contributed by atoms with van der Waals surface area (Å²) in [4.78, 5) is 24.1. The number of hydrogen-bond donors (Lipinski definition) is 2. The van der Waals surface area contributed by atoms with Gasteiger partial charge in [0.2, 0.25) is 5.91 Å². The zero-order valence-electron chi connectivity index (χ0n) is 14.2. The molecule has 0 aromatic carbocycles. The lowest BCUT2D eigenvalue weighted by Crippen LogP contribution is -2.62. The zero-order valence-corrected chi connectivity index (χ0v) is 15.0. The molecule has 1 aromatic heterocycles. The molecule has 2 aliphatic heterocycles. The molecule has 0 saturated carbocycles. The van der Waals surface area contributed by atoms with E-state index in [4.69, 9.17) is 14.6 Å². The maximum Gasteiger partial charge on any atom is 0.490 e. The van der Waals surface area contributed by atoms with Crippen molar-refractivity contribution < 1.29 is 32.6 Å². The van der Waals surface area contributed by atoms with Gasteiger partial charge in [-0.3, -0.25) is 9.69 Å². The van der Waals surface area contributed by atoms with Gasteiger partial charge in [-0.25, -0.2) is 4.79 Å². The summed E-state index contributed by atoms with van der Waals surface area (Å²) in [6.07, 6.45) is -3.08. The summed E-state index contributed by atoms with van der Waals surface area (Å²) in [6.45, 7) is 5.39. The molecule has 2 fully saturated rings. The van der Waals surface area contributed by atoms with Crippen LogP contribution in [0.4, 0.5) is 13.2 Å². The van der Waals surface area contributed by atoms with Crippen molar-refractivity contribution >= 4 is 23.2 Å². The molecule has 1 aromatic rings. The number of hydrogen-bond acceptors (Lipinski definition) is 5. The van der Waals surface area contributed by atoms with E-state index in [1.54, 1.807) is 0 Å². The van der Waals surface area contributed by atoms with Crippen LogP contribution in [0.5, 0.6) is 0 Å². The van der Waals surface area contributed by atoms with Crippen LogP contribution in [-0.2, 0) is 20.9 Å². The van der Waals surface area contributed by atoms with Crippen LogP contribution in [0.25, 0.3) is 0 Å². The lowest BCUT2D eigenvalue weighted by atomic mass is 9.83. The minimum atomic E-state index is -5.08. The van der Waals surface area contributed by atoms with Crippen LogP contribution in [0.1, 0.15) is 24.6 Å². The Labute approximate surface area is 152 Å². The van der Waals surface area contributed by atoms with Crippen LogP contribution >= 0.6 is 11.3 Å². The van der Waals surface area contributed by atoms with Gasteiger partial charge in [0.25, 0.3) is 0 Å². The number of morpholine rings is 1. The summed E-state index contributed by atoms with van der Waals surface area (Å²) in [5.41, 5.74) is -0.139. The molecule has 1 atom stereocenters. The Morgan fingerprint density at radius 1 is 1.46 bits per heavy atom. The van der Waals surface area contributed by atoms with Crippen LogP contribution in [0.3, 0.4) is 0 Å². The van der Waals surface area contributed by atoms with Gasteiger partial charge in [-0.1, -0.05) is 6.07 Å². The predicted octanol–water partition coefficient (Wildman–Crippen LogP) is 2.25. The number of nitrogens with one attached hydrogen (secondary N) is 1. The Bertz CT molecular complexity index is 614. The first kappa shape index (κ1) is 20.7. The van der Waals surface area contributed by atoms with Gasteiger partial charge in [-0.05, 0) is 31.2 Å². The number of alkyl halides is 3. The number of nitrogens with zero attached hydrogens (tertiary/aromatic N) is 1. The molecule has 10 heteroatoms. The smallest absolute Gasteiger partial charge is 0.475 e. The fourth-order valence-electron chi connectivity index (χ4n) is 3.04. The molecule has 1 amide bonds. The number of rotatable bonds is 2. The van der Waals surface area contributed by atoms with E-state index >= 15 is 0 Å². The summed E-state index contributed by atoms with van der Waals surface area (Å²) in [5.74, 6) is -2.74. The third-order valence-electron chi connectivity index (χ3n) is 4.56. The van der Waals surface area contributed by atoms with Crippen LogP contribution < -0.4 is 5.32 Å². The predicted molar refractivity (Wildman–Crippen MR) is 88.8 cm³/mol. The average molecular weight is 394 g/mol. The van der Waals surface area contributed by atoms with E-state index in [1.807, 2.05) is 11.3 Å². The maximum absolute atomic E-state index is 11.3. The highest BCUT2D eigenvalue weighted by Crippen LogP contribution is 2.32. The molecule has 2 aliphatic rings. The van der Waals surface area contributed by atoms with Crippen molar-refractivity contribution in [2.75, 3.05) is 19.7 Å². The third-order valence-corrected chi connectivity index (χ3v) is 5.42. The van der Waals surface area contributed by atoms with Crippen molar-refractivity contribution in [1.82, 2.24) is 10.2 Å². The summed E-state index contributed by atoms with van der Waals surface area (Å²) < 4.78 is 37.6. The fraction of sp³-hybridized carbons (Fsp3) is 0.625. The zero-order chi connectivity index (χ0) is 19.4. The second kappa shape index (κ2) is 8.36. The van der Waals surface area contributed by atoms with Gasteiger partial charge < -0.3 is 15.2 Å². The highest BCUT2D eigenvalue weighted by molar-refractivity contribution is 7.09. The normalized spacial score (nSPS) is 23.1. The lowest BCUT2D eigenvalue weighted by Gasteiger charge is -2.47. The van der Waals surface area contributed by atoms with Crippen molar-refractivity contribution in [3.05, 3.63) is 22.4 Å². The Morgan fingerprint density at radius 2 is 2.08 bits per heavy atom. The standard InChI is InChI=1S/C14H20N2O2S.C2HF3O2/c1-11-14(18-10-13(17)15-11)4-6-16(7-5-14)9-12-3-2-8-19-12;3-2(4,5)1(6)7/h2-3,8,11H,4-7,9-10H2,1H3,(H,15,17);(H,6,7). The summed E-state index contributed by atoms with van der Waals surface area (Å²) >= 11 is 1.81. The van der Waals surface area contributed by atoms with Gasteiger partial charge >= 0.3 is 12.1 Å². The molecule has 146 valence electrons. The minimum Gasteiger partial charge on any atom is -0.475 e. The molecular weight excluding hydrogens is 373 g/mol. The van der Waals surface area contributed by atoms with Crippen molar-refractivity contribution in [3.8, 4) is 0 Å². The highest BCUT2D eigenvalue weighted by atomic mass is 32.1. The molecule has 6 nitrogen and oxygen atoms in total. The SMILES string of the molecule is CC1NC(=O)COC12CCN(Cc1cccs1)CC2.O=C(O)C(F)(F)F. The number of halogens is 3. The third kappa shape index (κ3) is 5.42. The van der Waals surface area contributed by atoms with Crippen LogP contribution in [-0.4, -0.2) is 59.4 Å². The second-order valence-corrected chi connectivity index (χ2v) is 7.33. The molecule has 1 spiro atoms. The number of carbonyl (C=O) groups is 2. The van der Waals surface area contributed by atoms with Crippen molar-refractivity contribution in [2.24, 2.45) is 0 Å². The van der Waals surface area contributed by atoms with Crippen LogP contribution in [0.2, 0.25) is 0 Å². The number of ether oxygens (including phenoxy) is 1. The summed E-state index contributed by atoms with van der Waals surface area (Å²) in [5, 5.41) is 12.3. The first-order valence-corrected chi connectivity index (χ1v) is 8.98. The minimum absolute atomic E-state index is 0.0131. The lowest BCUT2D eigenvalue weighted by molar-refractivity contribution is -0.192. The number of piperidine rings is 1. The van der Waals surface area contributed by atoms with E-state index in [0.717, 1.165) is 32.5 Å². The van der Waals surface area contributed by atoms with Crippen molar-refractivity contribution in [2.45, 2.75) is 44.1 Å². The number of likely N-dealkylation sites (tertiary alicyclic amines) is 1. The molecule has 2 N–H and O–H groups in total. The number of aliphatic carboxylic acids is 1. The van der Waals surface area contributed by atoms with Gasteiger partial charge in [-0.15, -0.1) is 11.3 Å². The van der Waals surface area contributed by atoms with Gasteiger partial charge in [0.05, 0.1) is 11.6 Å². The molecule has 2 saturated heterocycles. The van der Waals surface area contributed by atoms with E-state index < -0.39 is 12.1 Å². The van der Waals surface area contributed by atoms with Gasteiger partial charge in [0.15, 0.2) is 0 Å². The summed E-state index contributed by atoms with van der Waals surface area (Å²) in [7, 11) is 0. The number of amides is 1. The first-order chi connectivity index (χ1) is 12.1. The van der Waals surface area contributed by atoms with E-state index in [9.17, 15) is 18.0 Å². The molecule has 3 heterocycles. The van der Waals surface area contributed by atoms with E-state index in [-0.39, 0.29) is 24.2 Å². The number of carboxylic acid groups (broad SMARTS) is 1. The van der Waals surface area contributed by atoms with Crippen molar-refractivity contribution in [3.63, 3.8) is 0 Å². The van der Waals surface area contributed by atoms with E-state index in [1.165, 1.54) is 4.88 Å². The average Bonchev–Trinajstić information content (AvgIpc) is 3.06. The molecule has 0 radical (unpaired) electrons. The molecule has 1 unspecified atom stereocenters. The Hall–Kier alpha value is -1.65. The second-order valence-electron chi connectivity index (χ2n) is 6.30. The number of carbonyl (C=O) groups excluding carboxylic acids is 1. The van der Waals surface area contributed by atoms with E-state index in [2.05, 4.69) is 34.7 Å². The van der Waals surface area contributed by atoms with Gasteiger partial charge in [0, 0.05) is 24.5 Å². The fourth-order valence-corrected chi connectivity index (χ4v) is 3.79. The monoisotopic (exact) mass is 394 g/mol. The first-order valence-electron chi connectivity index (χ1n) is 8.10. The molecule has 3 rings (SSSR count). The molecule has 0 aliphatic carbocycles. The van der Waals surface area contributed by atoms with Crippen LogP contribution in [0.15, 0.2) is 17.5 Å². The van der Waals surface area contributed by atoms with Crippen molar-refractivity contribution in [1.29, 1.82) is 0 Å². The number of carboxylic acids is 1. The maximum atomic E-state index is 11.3. The summed E-state index contributed by atoms with van der Waals surface area (Å²) in [6, 6.07) is 4.42. The molecular formula is C16H21F3N2O4S. The molecule has 26 heavy (non-hydrogen) atoms. The largest absolute Gasteiger partial charge is 0.490 e. The van der Waals surface area contributed by atoms with Crippen LogP contribution in [0, 0.1) is 0 Å². The molecule has 0 bridgehead atoms. The quantitative estimate of drug-likeness (QED) is 0.805. The Morgan fingerprint density at radius 3 is 2.54 bits per heavy atom. The Kier molecular flexibility index (Phi) is 6.64. The Balaban J connectivity index is 0.000000298. The highest BCUT2D eigenvalue weighted by Gasteiger charge is 2.44. The van der Waals surface area contributed by atoms with E-state index in [0.29, 0.717) is 0 Å². The number of thiophene rings is 1. The topological polar surface area (TPSA) is 78.9 Å².